The number of hydrogen-bond donors (Lipinski definition) is 0. The van der Waals surface area contributed by atoms with E-state index in [1.807, 2.05) is 0 Å². The van der Waals surface area contributed by atoms with Crippen LogP contribution >= 0.6 is 0 Å². The third-order valence-electron chi connectivity index (χ3n) is 3.98. The van der Waals surface area contributed by atoms with Crippen molar-refractivity contribution in [2.75, 3.05) is 0 Å². The molecule has 0 saturated carbocycles. The fourth-order valence-corrected chi connectivity index (χ4v) is 2.46. The normalized spacial score (nSPS) is 10.3. The lowest BCUT2D eigenvalue weighted by Crippen LogP contribution is -2.04. The summed E-state index contributed by atoms with van der Waals surface area (Å²) in [5, 5.41) is 0. The first-order valence-electron chi connectivity index (χ1n) is 8.32. The van der Waals surface area contributed by atoms with Crippen molar-refractivity contribution in [2.24, 2.45) is 0 Å². The summed E-state index contributed by atoms with van der Waals surface area (Å²) in [5.41, 5.74) is 1.92. The minimum absolute atomic E-state index is 0.0636. The van der Waals surface area contributed by atoms with E-state index >= 15 is 0 Å². The summed E-state index contributed by atoms with van der Waals surface area (Å²) in [7, 11) is 0. The molecular formula is C22H17FO4. The Morgan fingerprint density at radius 3 is 1.44 bits per heavy atom. The first kappa shape index (κ1) is 18.3. The van der Waals surface area contributed by atoms with Gasteiger partial charge in [-0.25, -0.2) is 4.39 Å². The van der Waals surface area contributed by atoms with Crippen LogP contribution in [0.15, 0.2) is 66.7 Å². The van der Waals surface area contributed by atoms with Crippen molar-refractivity contribution >= 4 is 12.6 Å². The maximum atomic E-state index is 14.7. The van der Waals surface area contributed by atoms with E-state index < -0.39 is 0 Å². The van der Waals surface area contributed by atoms with Crippen molar-refractivity contribution in [1.82, 2.24) is 0 Å². The zero-order valence-electron chi connectivity index (χ0n) is 14.4. The van der Waals surface area contributed by atoms with Crippen LogP contribution in [0.25, 0.3) is 0 Å². The highest BCUT2D eigenvalue weighted by Crippen LogP contribution is 2.19. The Labute approximate surface area is 156 Å². The van der Waals surface area contributed by atoms with E-state index in [9.17, 15) is 14.0 Å². The van der Waals surface area contributed by atoms with Gasteiger partial charge in [-0.1, -0.05) is 18.2 Å². The van der Waals surface area contributed by atoms with Gasteiger partial charge in [-0.3, -0.25) is 9.59 Å². The summed E-state index contributed by atoms with van der Waals surface area (Å²) >= 11 is 0. The van der Waals surface area contributed by atoms with Crippen LogP contribution in [0.5, 0.6) is 11.5 Å². The van der Waals surface area contributed by atoms with Crippen LogP contribution in [0.3, 0.4) is 0 Å². The molecule has 3 aromatic rings. The van der Waals surface area contributed by atoms with Crippen LogP contribution in [0.4, 0.5) is 4.39 Å². The molecule has 4 nitrogen and oxygen atoms in total. The van der Waals surface area contributed by atoms with E-state index in [-0.39, 0.29) is 19.0 Å². The molecule has 0 aliphatic heterocycles. The van der Waals surface area contributed by atoms with E-state index in [1.165, 1.54) is 0 Å². The number of rotatable bonds is 8. The molecule has 3 rings (SSSR count). The zero-order valence-corrected chi connectivity index (χ0v) is 14.4. The molecule has 0 radical (unpaired) electrons. The van der Waals surface area contributed by atoms with Gasteiger partial charge in [0.05, 0.1) is 0 Å². The molecule has 0 amide bonds. The van der Waals surface area contributed by atoms with Gasteiger partial charge in [0.2, 0.25) is 0 Å². The molecule has 0 aliphatic carbocycles. The molecule has 3 aromatic carbocycles. The van der Waals surface area contributed by atoms with Gasteiger partial charge < -0.3 is 9.47 Å². The summed E-state index contributed by atoms with van der Waals surface area (Å²) in [5.74, 6) is 0.723. The van der Waals surface area contributed by atoms with E-state index in [0.717, 1.165) is 12.6 Å². The van der Waals surface area contributed by atoms with E-state index in [1.54, 1.807) is 66.7 Å². The molecule has 0 spiro atoms. The number of aldehydes is 2. The molecule has 136 valence electrons. The Bertz CT molecular complexity index is 844. The number of benzene rings is 3. The smallest absolute Gasteiger partial charge is 0.150 e. The third kappa shape index (κ3) is 4.79. The van der Waals surface area contributed by atoms with Crippen molar-refractivity contribution < 1.29 is 23.5 Å². The SMILES string of the molecule is O=Cc1ccc(OCc2cccc(COc3ccc(C=O)cc3)c2F)cc1. The molecule has 0 aromatic heterocycles. The summed E-state index contributed by atoms with van der Waals surface area (Å²) in [6.07, 6.45) is 1.50. The molecule has 0 bridgehead atoms. The van der Waals surface area contributed by atoms with Gasteiger partial charge in [0.25, 0.3) is 0 Å². The van der Waals surface area contributed by atoms with Crippen LogP contribution in [-0.2, 0) is 13.2 Å². The van der Waals surface area contributed by atoms with Crippen LogP contribution in [0.1, 0.15) is 31.8 Å². The molecule has 0 unspecified atom stereocenters. The van der Waals surface area contributed by atoms with Crippen molar-refractivity contribution in [3.63, 3.8) is 0 Å². The number of hydrogen-bond acceptors (Lipinski definition) is 4. The van der Waals surface area contributed by atoms with Crippen molar-refractivity contribution in [3.05, 3.63) is 94.8 Å². The van der Waals surface area contributed by atoms with Crippen molar-refractivity contribution in [2.45, 2.75) is 13.2 Å². The van der Waals surface area contributed by atoms with Crippen LogP contribution in [-0.4, -0.2) is 12.6 Å². The van der Waals surface area contributed by atoms with Gasteiger partial charge in [0, 0.05) is 22.3 Å². The minimum Gasteiger partial charge on any atom is -0.489 e. The molecule has 0 N–H and O–H groups in total. The molecule has 5 heteroatoms. The van der Waals surface area contributed by atoms with Gasteiger partial charge in [-0.2, -0.15) is 0 Å². The highest BCUT2D eigenvalue weighted by molar-refractivity contribution is 5.75. The Morgan fingerprint density at radius 1 is 0.667 bits per heavy atom. The topological polar surface area (TPSA) is 52.6 Å². The molecule has 27 heavy (non-hydrogen) atoms. The standard InChI is InChI=1S/C22H17FO4/c23-22-18(14-26-20-8-4-16(12-24)5-9-20)2-1-3-19(22)15-27-21-10-6-17(13-25)7-11-21/h1-13H,14-15H2. The summed E-state index contributed by atoms with van der Waals surface area (Å²) < 4.78 is 25.8. The number of carbonyl (C=O) groups excluding carboxylic acids is 2. The van der Waals surface area contributed by atoms with Crippen molar-refractivity contribution in [3.8, 4) is 11.5 Å². The lowest BCUT2D eigenvalue weighted by molar-refractivity contribution is 0.111. The highest BCUT2D eigenvalue weighted by atomic mass is 19.1. The lowest BCUT2D eigenvalue weighted by Gasteiger charge is -2.11. The fourth-order valence-electron chi connectivity index (χ4n) is 2.46. The lowest BCUT2D eigenvalue weighted by atomic mass is 10.1. The largest absolute Gasteiger partial charge is 0.489 e. The molecule has 0 fully saturated rings. The van der Waals surface area contributed by atoms with E-state index in [0.29, 0.717) is 33.8 Å². The average Bonchev–Trinajstić information content (AvgIpc) is 2.73. The quantitative estimate of drug-likeness (QED) is 0.548. The Hall–Kier alpha value is -3.47. The summed E-state index contributed by atoms with van der Waals surface area (Å²) in [4.78, 5) is 21.3. The summed E-state index contributed by atoms with van der Waals surface area (Å²) in [6, 6.07) is 18.3. The Kier molecular flexibility index (Phi) is 5.94. The second-order valence-corrected chi connectivity index (χ2v) is 5.84. The maximum absolute atomic E-state index is 14.7. The third-order valence-corrected chi connectivity index (χ3v) is 3.98. The fraction of sp³-hybridized carbons (Fsp3) is 0.0909. The number of carbonyl (C=O) groups is 2. The molecule has 0 aliphatic rings. The minimum atomic E-state index is -0.383. The van der Waals surface area contributed by atoms with Crippen molar-refractivity contribution in [1.29, 1.82) is 0 Å². The summed E-state index contributed by atoms with van der Waals surface area (Å²) in [6.45, 7) is 0.127. The zero-order chi connectivity index (χ0) is 19.1. The molecular weight excluding hydrogens is 347 g/mol. The molecule has 0 saturated heterocycles. The number of halogens is 1. The van der Waals surface area contributed by atoms with Gasteiger partial charge in [-0.05, 0) is 48.5 Å². The van der Waals surface area contributed by atoms with Crippen LogP contribution in [0, 0.1) is 5.82 Å². The highest BCUT2D eigenvalue weighted by Gasteiger charge is 2.10. The monoisotopic (exact) mass is 364 g/mol. The predicted molar refractivity (Wildman–Crippen MR) is 98.7 cm³/mol. The first-order valence-corrected chi connectivity index (χ1v) is 8.32. The van der Waals surface area contributed by atoms with E-state index in [4.69, 9.17) is 9.47 Å². The predicted octanol–water partition coefficient (Wildman–Crippen LogP) is 4.61. The maximum Gasteiger partial charge on any atom is 0.150 e. The first-order chi connectivity index (χ1) is 13.2. The van der Waals surface area contributed by atoms with Crippen LogP contribution in [0.2, 0.25) is 0 Å². The van der Waals surface area contributed by atoms with Gasteiger partial charge >= 0.3 is 0 Å². The Morgan fingerprint density at radius 2 is 1.07 bits per heavy atom. The van der Waals surface area contributed by atoms with E-state index in [2.05, 4.69) is 0 Å². The average molecular weight is 364 g/mol. The van der Waals surface area contributed by atoms with Crippen LogP contribution < -0.4 is 9.47 Å². The molecule has 0 atom stereocenters. The molecule has 0 heterocycles. The van der Waals surface area contributed by atoms with Gasteiger partial charge in [-0.15, -0.1) is 0 Å². The second kappa shape index (κ2) is 8.76. The van der Waals surface area contributed by atoms with Gasteiger partial charge in [0.1, 0.15) is 43.1 Å². The van der Waals surface area contributed by atoms with Gasteiger partial charge in [0.15, 0.2) is 0 Å². The second-order valence-electron chi connectivity index (χ2n) is 5.84. The Balaban J connectivity index is 1.63. The number of ether oxygens (including phenoxy) is 2.